The van der Waals surface area contributed by atoms with Crippen LogP contribution in [0.15, 0.2) is 35.2 Å². The summed E-state index contributed by atoms with van der Waals surface area (Å²) in [5.74, 6) is 0.251. The molecule has 0 radical (unpaired) electrons. The molecule has 1 aliphatic heterocycles. The van der Waals surface area contributed by atoms with Crippen LogP contribution >= 0.6 is 0 Å². The Labute approximate surface area is 144 Å². The van der Waals surface area contributed by atoms with Gasteiger partial charge in [0.2, 0.25) is 10.0 Å². The fraction of sp³-hybridized carbons (Fsp3) is 0.500. The SMILES string of the molecule is Cc1nn(C)c(C)c1S(=O)(=O)N1CCCC[C@@H](c2ccccc2)C1. The second kappa shape index (κ2) is 6.69. The number of sulfonamides is 1. The molecule has 3 rings (SSSR count). The third-order valence-electron chi connectivity index (χ3n) is 4.95. The lowest BCUT2D eigenvalue weighted by Crippen LogP contribution is -2.34. The summed E-state index contributed by atoms with van der Waals surface area (Å²) in [6.07, 6.45) is 2.98. The Balaban J connectivity index is 1.95. The average Bonchev–Trinajstić information content (AvgIpc) is 2.74. The van der Waals surface area contributed by atoms with E-state index >= 15 is 0 Å². The molecule has 0 saturated carbocycles. The van der Waals surface area contributed by atoms with Gasteiger partial charge in [-0.2, -0.15) is 9.40 Å². The van der Waals surface area contributed by atoms with Gasteiger partial charge in [0.15, 0.2) is 0 Å². The topological polar surface area (TPSA) is 55.2 Å². The summed E-state index contributed by atoms with van der Waals surface area (Å²) < 4.78 is 29.8. The van der Waals surface area contributed by atoms with Crippen molar-refractivity contribution in [1.29, 1.82) is 0 Å². The van der Waals surface area contributed by atoms with E-state index in [1.807, 2.05) is 25.1 Å². The fourth-order valence-corrected chi connectivity index (χ4v) is 5.50. The summed E-state index contributed by atoms with van der Waals surface area (Å²) in [4.78, 5) is 0.374. The van der Waals surface area contributed by atoms with Gasteiger partial charge < -0.3 is 0 Å². The smallest absolute Gasteiger partial charge is 0.246 e. The van der Waals surface area contributed by atoms with Gasteiger partial charge in [-0.05, 0) is 38.2 Å². The van der Waals surface area contributed by atoms with Crippen molar-refractivity contribution in [2.45, 2.75) is 43.9 Å². The minimum absolute atomic E-state index is 0.251. The second-order valence-electron chi connectivity index (χ2n) is 6.59. The van der Waals surface area contributed by atoms with Gasteiger partial charge in [0, 0.05) is 20.1 Å². The van der Waals surface area contributed by atoms with Gasteiger partial charge in [0.05, 0.1) is 11.4 Å². The van der Waals surface area contributed by atoms with E-state index in [9.17, 15) is 8.42 Å². The van der Waals surface area contributed by atoms with Crippen LogP contribution in [0.25, 0.3) is 0 Å². The highest BCUT2D eigenvalue weighted by Gasteiger charge is 2.33. The Hall–Kier alpha value is -1.66. The van der Waals surface area contributed by atoms with Gasteiger partial charge in [0.1, 0.15) is 4.90 Å². The third kappa shape index (κ3) is 3.13. The first-order valence-electron chi connectivity index (χ1n) is 8.46. The molecule has 1 fully saturated rings. The van der Waals surface area contributed by atoms with Crippen molar-refractivity contribution in [3.8, 4) is 0 Å². The van der Waals surface area contributed by atoms with Crippen LogP contribution < -0.4 is 0 Å². The van der Waals surface area contributed by atoms with Gasteiger partial charge in [0.25, 0.3) is 0 Å². The molecule has 0 amide bonds. The van der Waals surface area contributed by atoms with Crippen LogP contribution in [0.1, 0.15) is 42.1 Å². The largest absolute Gasteiger partial charge is 0.271 e. The van der Waals surface area contributed by atoms with Crippen molar-refractivity contribution in [3.05, 3.63) is 47.3 Å². The standard InChI is InChI=1S/C18H25N3O2S/c1-14-18(15(2)20(3)19-14)24(22,23)21-12-8-7-11-17(13-21)16-9-5-4-6-10-16/h4-6,9-10,17H,7-8,11-13H2,1-3H3/t17-/m1/s1. The Morgan fingerprint density at radius 3 is 2.46 bits per heavy atom. The van der Waals surface area contributed by atoms with Crippen molar-refractivity contribution < 1.29 is 8.42 Å². The Kier molecular flexibility index (Phi) is 4.78. The first-order valence-corrected chi connectivity index (χ1v) is 9.90. The second-order valence-corrected chi connectivity index (χ2v) is 8.46. The van der Waals surface area contributed by atoms with Crippen molar-refractivity contribution >= 4 is 10.0 Å². The zero-order valence-corrected chi connectivity index (χ0v) is 15.4. The van der Waals surface area contributed by atoms with Crippen molar-refractivity contribution in [2.75, 3.05) is 13.1 Å². The molecule has 6 heteroatoms. The van der Waals surface area contributed by atoms with Crippen LogP contribution in [0.5, 0.6) is 0 Å². The lowest BCUT2D eigenvalue weighted by molar-refractivity contribution is 0.405. The van der Waals surface area contributed by atoms with Crippen LogP contribution in [0.4, 0.5) is 0 Å². The molecule has 0 unspecified atom stereocenters. The predicted octanol–water partition coefficient (Wildman–Crippen LogP) is 3.00. The highest BCUT2D eigenvalue weighted by Crippen LogP contribution is 2.31. The predicted molar refractivity (Wildman–Crippen MR) is 94.5 cm³/mol. The van der Waals surface area contributed by atoms with Crippen molar-refractivity contribution in [1.82, 2.24) is 14.1 Å². The van der Waals surface area contributed by atoms with Crippen LogP contribution in [0.2, 0.25) is 0 Å². The van der Waals surface area contributed by atoms with E-state index in [1.54, 1.807) is 23.0 Å². The molecule has 1 aromatic carbocycles. The maximum Gasteiger partial charge on any atom is 0.246 e. The third-order valence-corrected chi connectivity index (χ3v) is 7.06. The van der Waals surface area contributed by atoms with Gasteiger partial charge in [-0.1, -0.05) is 36.8 Å². The number of benzene rings is 1. The molecular weight excluding hydrogens is 322 g/mol. The zero-order valence-electron chi connectivity index (χ0n) is 14.6. The van der Waals surface area contributed by atoms with E-state index in [0.717, 1.165) is 19.3 Å². The molecule has 24 heavy (non-hydrogen) atoms. The Morgan fingerprint density at radius 2 is 1.83 bits per heavy atom. The monoisotopic (exact) mass is 347 g/mol. The van der Waals surface area contributed by atoms with Gasteiger partial charge in [-0.25, -0.2) is 8.42 Å². The van der Waals surface area contributed by atoms with Crippen LogP contribution in [-0.4, -0.2) is 35.6 Å². The van der Waals surface area contributed by atoms with Crippen molar-refractivity contribution in [3.63, 3.8) is 0 Å². The summed E-state index contributed by atoms with van der Waals surface area (Å²) in [6, 6.07) is 10.2. The minimum Gasteiger partial charge on any atom is -0.271 e. The lowest BCUT2D eigenvalue weighted by Gasteiger charge is -2.24. The molecule has 0 bridgehead atoms. The minimum atomic E-state index is -3.52. The fourth-order valence-electron chi connectivity index (χ4n) is 3.58. The number of aromatic nitrogens is 2. The van der Waals surface area contributed by atoms with Crippen LogP contribution in [0, 0.1) is 13.8 Å². The van der Waals surface area contributed by atoms with Gasteiger partial charge in [-0.3, -0.25) is 4.68 Å². The van der Waals surface area contributed by atoms with E-state index in [0.29, 0.717) is 29.4 Å². The van der Waals surface area contributed by atoms with Gasteiger partial charge >= 0.3 is 0 Å². The molecule has 2 aromatic rings. The molecule has 130 valence electrons. The zero-order chi connectivity index (χ0) is 17.3. The maximum absolute atomic E-state index is 13.2. The van der Waals surface area contributed by atoms with E-state index in [1.165, 1.54) is 5.56 Å². The maximum atomic E-state index is 13.2. The summed E-state index contributed by atoms with van der Waals surface area (Å²) in [6.45, 7) is 4.71. The highest BCUT2D eigenvalue weighted by atomic mass is 32.2. The van der Waals surface area contributed by atoms with E-state index in [-0.39, 0.29) is 5.92 Å². The van der Waals surface area contributed by atoms with Crippen LogP contribution in [-0.2, 0) is 17.1 Å². The molecule has 0 aliphatic carbocycles. The molecule has 0 N–H and O–H groups in total. The van der Waals surface area contributed by atoms with Gasteiger partial charge in [-0.15, -0.1) is 0 Å². The molecule has 1 aromatic heterocycles. The number of hydrogen-bond acceptors (Lipinski definition) is 3. The van der Waals surface area contributed by atoms with E-state index < -0.39 is 10.0 Å². The summed E-state index contributed by atoms with van der Waals surface area (Å²) in [5, 5.41) is 4.28. The molecule has 0 spiro atoms. The normalized spacial score (nSPS) is 20.0. The molecule has 2 heterocycles. The Morgan fingerprint density at radius 1 is 1.12 bits per heavy atom. The van der Waals surface area contributed by atoms with Crippen molar-refractivity contribution in [2.24, 2.45) is 7.05 Å². The van der Waals surface area contributed by atoms with E-state index in [4.69, 9.17) is 0 Å². The number of nitrogens with zero attached hydrogens (tertiary/aromatic N) is 3. The molecular formula is C18H25N3O2S. The number of hydrogen-bond donors (Lipinski definition) is 0. The highest BCUT2D eigenvalue weighted by molar-refractivity contribution is 7.89. The summed E-state index contributed by atoms with van der Waals surface area (Å²) in [5.41, 5.74) is 2.50. The number of aryl methyl sites for hydroxylation is 2. The lowest BCUT2D eigenvalue weighted by atomic mass is 9.95. The van der Waals surface area contributed by atoms with E-state index in [2.05, 4.69) is 17.2 Å². The average molecular weight is 347 g/mol. The molecule has 1 aliphatic rings. The first-order chi connectivity index (χ1) is 11.4. The molecule has 5 nitrogen and oxygen atoms in total. The first kappa shape index (κ1) is 17.2. The van der Waals surface area contributed by atoms with Crippen LogP contribution in [0.3, 0.4) is 0 Å². The summed E-state index contributed by atoms with van der Waals surface area (Å²) >= 11 is 0. The number of rotatable bonds is 3. The summed E-state index contributed by atoms with van der Waals surface area (Å²) in [7, 11) is -1.73. The molecule has 1 atom stereocenters. The molecule has 1 saturated heterocycles. The Bertz CT molecular complexity index is 812. The quantitative estimate of drug-likeness (QED) is 0.858.